The Bertz CT molecular complexity index is 1340. The molecule has 2 aliphatic heterocycles. The van der Waals surface area contributed by atoms with E-state index in [0.717, 1.165) is 27.4 Å². The SMILES string of the molecule is COc1ccc([C@H]2CC(c3ccccc3)=NN2C(=O)COC(=O)C[C@@H]2Sc3ccccc3NC2=O)cc1. The molecule has 0 aliphatic carbocycles. The number of carbonyl (C=O) groups is 3. The molecule has 0 saturated heterocycles. The number of anilines is 1. The first-order valence-corrected chi connectivity index (χ1v) is 12.7. The van der Waals surface area contributed by atoms with E-state index in [0.29, 0.717) is 12.2 Å². The Morgan fingerprint density at radius 2 is 1.76 bits per heavy atom. The van der Waals surface area contributed by atoms with Gasteiger partial charge in [0.15, 0.2) is 6.61 Å². The zero-order valence-electron chi connectivity index (χ0n) is 20.1. The van der Waals surface area contributed by atoms with Gasteiger partial charge in [0.05, 0.1) is 36.2 Å². The molecule has 9 heteroatoms. The summed E-state index contributed by atoms with van der Waals surface area (Å²) in [5.74, 6) is -0.604. The van der Waals surface area contributed by atoms with Crippen LogP contribution in [0.15, 0.2) is 88.9 Å². The Kier molecular flexibility index (Phi) is 7.23. The number of rotatable bonds is 7. The molecule has 0 saturated carbocycles. The third kappa shape index (κ3) is 5.51. The van der Waals surface area contributed by atoms with Gasteiger partial charge in [-0.25, -0.2) is 5.01 Å². The summed E-state index contributed by atoms with van der Waals surface area (Å²) in [7, 11) is 1.60. The molecule has 2 amide bonds. The van der Waals surface area contributed by atoms with E-state index in [-0.39, 0.29) is 18.4 Å². The third-order valence-corrected chi connectivity index (χ3v) is 7.46. The molecule has 0 radical (unpaired) electrons. The largest absolute Gasteiger partial charge is 0.497 e. The average molecular weight is 516 g/mol. The maximum Gasteiger partial charge on any atom is 0.307 e. The second-order valence-corrected chi connectivity index (χ2v) is 9.85. The van der Waals surface area contributed by atoms with E-state index in [9.17, 15) is 14.4 Å². The van der Waals surface area contributed by atoms with Gasteiger partial charge in [0.25, 0.3) is 5.91 Å². The summed E-state index contributed by atoms with van der Waals surface area (Å²) in [5, 5.41) is 8.17. The van der Waals surface area contributed by atoms with Crippen LogP contribution in [0.4, 0.5) is 5.69 Å². The van der Waals surface area contributed by atoms with E-state index in [4.69, 9.17) is 9.47 Å². The summed E-state index contributed by atoms with van der Waals surface area (Å²) >= 11 is 1.31. The lowest BCUT2D eigenvalue weighted by atomic mass is 9.98. The molecular formula is C28H25N3O5S. The van der Waals surface area contributed by atoms with Crippen molar-refractivity contribution in [2.45, 2.75) is 29.0 Å². The Hall–Kier alpha value is -4.11. The number of esters is 1. The molecular weight excluding hydrogens is 490 g/mol. The maximum absolute atomic E-state index is 13.2. The number of hydrogen-bond acceptors (Lipinski definition) is 7. The first-order chi connectivity index (χ1) is 18.0. The van der Waals surface area contributed by atoms with Gasteiger partial charge in [-0.2, -0.15) is 5.10 Å². The second-order valence-electron chi connectivity index (χ2n) is 8.60. The molecule has 5 rings (SSSR count). The molecule has 0 aromatic heterocycles. The van der Waals surface area contributed by atoms with Gasteiger partial charge < -0.3 is 14.8 Å². The smallest absolute Gasteiger partial charge is 0.307 e. The lowest BCUT2D eigenvalue weighted by Gasteiger charge is -2.24. The number of ether oxygens (including phenoxy) is 2. The average Bonchev–Trinajstić information content (AvgIpc) is 3.38. The summed E-state index contributed by atoms with van der Waals surface area (Å²) in [4.78, 5) is 39.0. The molecule has 1 N–H and O–H groups in total. The fourth-order valence-corrected chi connectivity index (χ4v) is 5.37. The van der Waals surface area contributed by atoms with Crippen molar-refractivity contribution in [3.05, 3.63) is 90.0 Å². The van der Waals surface area contributed by atoms with Gasteiger partial charge in [-0.3, -0.25) is 14.4 Å². The van der Waals surface area contributed by atoms with Crippen molar-refractivity contribution in [2.75, 3.05) is 19.0 Å². The molecule has 0 bridgehead atoms. The van der Waals surface area contributed by atoms with Crippen molar-refractivity contribution in [3.63, 3.8) is 0 Å². The Labute approximate surface area is 218 Å². The lowest BCUT2D eigenvalue weighted by molar-refractivity contribution is -0.153. The van der Waals surface area contributed by atoms with Crippen LogP contribution in [0.2, 0.25) is 0 Å². The molecule has 0 unspecified atom stereocenters. The van der Waals surface area contributed by atoms with E-state index in [1.807, 2.05) is 78.9 Å². The first kappa shape index (κ1) is 24.6. The lowest BCUT2D eigenvalue weighted by Crippen LogP contribution is -2.34. The number of hydrogen-bond donors (Lipinski definition) is 1. The van der Waals surface area contributed by atoms with Crippen LogP contribution in [0.3, 0.4) is 0 Å². The van der Waals surface area contributed by atoms with Gasteiger partial charge >= 0.3 is 5.97 Å². The second kappa shape index (κ2) is 10.9. The molecule has 2 atom stereocenters. The highest BCUT2D eigenvalue weighted by molar-refractivity contribution is 8.01. The Morgan fingerprint density at radius 3 is 2.51 bits per heavy atom. The van der Waals surface area contributed by atoms with Crippen molar-refractivity contribution in [3.8, 4) is 5.75 Å². The van der Waals surface area contributed by atoms with Crippen LogP contribution in [0.5, 0.6) is 5.75 Å². The predicted molar refractivity (Wildman–Crippen MR) is 140 cm³/mol. The standard InChI is InChI=1S/C28H25N3O5S/c1-35-20-13-11-19(12-14-20)23-15-22(18-7-3-2-4-8-18)30-31(23)26(32)17-36-27(33)16-25-28(34)29-21-9-5-6-10-24(21)37-25/h2-14,23,25H,15-17H2,1H3,(H,29,34)/t23-,25+/m1/s1. The molecule has 3 aromatic carbocycles. The molecule has 0 fully saturated rings. The molecule has 0 spiro atoms. The van der Waals surface area contributed by atoms with Crippen LogP contribution < -0.4 is 10.1 Å². The van der Waals surface area contributed by atoms with Crippen molar-refractivity contribution in [1.29, 1.82) is 0 Å². The molecule has 188 valence electrons. The van der Waals surface area contributed by atoms with E-state index in [1.54, 1.807) is 7.11 Å². The number of para-hydroxylation sites is 1. The highest BCUT2D eigenvalue weighted by Crippen LogP contribution is 2.37. The Morgan fingerprint density at radius 1 is 1.03 bits per heavy atom. The fraction of sp³-hybridized carbons (Fsp3) is 0.214. The van der Waals surface area contributed by atoms with Crippen molar-refractivity contribution >= 4 is 40.9 Å². The van der Waals surface area contributed by atoms with Crippen molar-refractivity contribution in [2.24, 2.45) is 5.10 Å². The quantitative estimate of drug-likeness (QED) is 0.468. The van der Waals surface area contributed by atoms with Gasteiger partial charge in [-0.05, 0) is 35.4 Å². The molecule has 2 aliphatic rings. The number of hydrazone groups is 1. The number of amides is 2. The van der Waals surface area contributed by atoms with Gasteiger partial charge in [0, 0.05) is 11.3 Å². The van der Waals surface area contributed by atoms with Crippen LogP contribution in [0, 0.1) is 0 Å². The van der Waals surface area contributed by atoms with Crippen LogP contribution >= 0.6 is 11.8 Å². The van der Waals surface area contributed by atoms with E-state index in [1.165, 1.54) is 16.8 Å². The third-order valence-electron chi connectivity index (χ3n) is 6.19. The number of carbonyl (C=O) groups excluding carboxylic acids is 3. The van der Waals surface area contributed by atoms with Gasteiger partial charge in [0.1, 0.15) is 5.75 Å². The van der Waals surface area contributed by atoms with Crippen LogP contribution in [0.25, 0.3) is 0 Å². The minimum absolute atomic E-state index is 0.140. The zero-order valence-corrected chi connectivity index (χ0v) is 20.9. The minimum Gasteiger partial charge on any atom is -0.497 e. The maximum atomic E-state index is 13.2. The summed E-state index contributed by atoms with van der Waals surface area (Å²) < 4.78 is 10.6. The first-order valence-electron chi connectivity index (χ1n) is 11.8. The highest BCUT2D eigenvalue weighted by Gasteiger charge is 2.34. The van der Waals surface area contributed by atoms with E-state index in [2.05, 4.69) is 10.4 Å². The van der Waals surface area contributed by atoms with Crippen molar-refractivity contribution in [1.82, 2.24) is 5.01 Å². The number of methoxy groups -OCH3 is 1. The Balaban J connectivity index is 1.26. The van der Waals surface area contributed by atoms with Gasteiger partial charge in [-0.1, -0.05) is 54.6 Å². The molecule has 37 heavy (non-hydrogen) atoms. The minimum atomic E-state index is -0.626. The fourth-order valence-electron chi connectivity index (χ4n) is 4.28. The van der Waals surface area contributed by atoms with Crippen molar-refractivity contribution < 1.29 is 23.9 Å². The number of thioether (sulfide) groups is 1. The topological polar surface area (TPSA) is 97.3 Å². The van der Waals surface area contributed by atoms with Crippen LogP contribution in [-0.2, 0) is 19.1 Å². The van der Waals surface area contributed by atoms with E-state index < -0.39 is 23.7 Å². The van der Waals surface area contributed by atoms with Crippen LogP contribution in [0.1, 0.15) is 30.0 Å². The summed E-state index contributed by atoms with van der Waals surface area (Å²) in [6.45, 7) is -0.466. The monoisotopic (exact) mass is 515 g/mol. The summed E-state index contributed by atoms with van der Waals surface area (Å²) in [6, 6.07) is 24.2. The summed E-state index contributed by atoms with van der Waals surface area (Å²) in [6.07, 6.45) is 0.382. The number of benzene rings is 3. The number of nitrogens with zero attached hydrogens (tertiary/aromatic N) is 2. The predicted octanol–water partition coefficient (Wildman–Crippen LogP) is 4.42. The number of fused-ring (bicyclic) bond motifs is 1. The van der Waals surface area contributed by atoms with E-state index >= 15 is 0 Å². The molecule has 2 heterocycles. The highest BCUT2D eigenvalue weighted by atomic mass is 32.2. The summed E-state index contributed by atoms with van der Waals surface area (Å²) in [5.41, 5.74) is 3.32. The van der Waals surface area contributed by atoms with Gasteiger partial charge in [-0.15, -0.1) is 11.8 Å². The zero-order chi connectivity index (χ0) is 25.8. The van der Waals surface area contributed by atoms with Crippen LogP contribution in [-0.4, -0.2) is 47.5 Å². The number of nitrogens with one attached hydrogen (secondary N) is 1. The normalized spacial score (nSPS) is 18.5. The molecule has 3 aromatic rings. The molecule has 8 nitrogen and oxygen atoms in total. The van der Waals surface area contributed by atoms with Gasteiger partial charge in [0.2, 0.25) is 5.91 Å².